The third-order valence-electron chi connectivity index (χ3n) is 4.32. The Hall–Kier alpha value is -4.07. The molecule has 0 heterocycles. The molecule has 35 heavy (non-hydrogen) atoms. The highest BCUT2D eigenvalue weighted by atomic mass is 32.2. The summed E-state index contributed by atoms with van der Waals surface area (Å²) in [6.07, 6.45) is 5.76. The van der Waals surface area contributed by atoms with Gasteiger partial charge in [0, 0.05) is 23.3 Å². The minimum Gasteiger partial charge on any atom is -0.463 e. The van der Waals surface area contributed by atoms with Crippen LogP contribution in [-0.2, 0) is 28.9 Å². The Morgan fingerprint density at radius 2 is 1.14 bits per heavy atom. The molecule has 180 valence electrons. The SMILES string of the molecule is CCOC(=O)/C=C/c1ccccc1C#CCS(=O)(=O)CC#Cc1ccccc1/C=C/C(=O)OCC. The number of hydrogen-bond acceptors (Lipinski definition) is 6. The van der Waals surface area contributed by atoms with Gasteiger partial charge in [0.1, 0.15) is 11.5 Å². The molecule has 2 rings (SSSR count). The first kappa shape index (κ1) is 27.2. The van der Waals surface area contributed by atoms with E-state index in [0.29, 0.717) is 22.3 Å². The molecule has 0 aromatic heterocycles. The number of rotatable bonds is 8. The molecule has 0 N–H and O–H groups in total. The summed E-state index contributed by atoms with van der Waals surface area (Å²) in [6, 6.07) is 14.2. The monoisotopic (exact) mass is 490 g/mol. The molecular weight excluding hydrogens is 464 g/mol. The lowest BCUT2D eigenvalue weighted by Gasteiger charge is -1.99. The van der Waals surface area contributed by atoms with Crippen LogP contribution >= 0.6 is 0 Å². The Morgan fingerprint density at radius 1 is 0.743 bits per heavy atom. The third-order valence-corrected chi connectivity index (χ3v) is 5.49. The fraction of sp³-hybridized carbons (Fsp3) is 0.214. The van der Waals surface area contributed by atoms with Gasteiger partial charge in [-0.05, 0) is 49.3 Å². The van der Waals surface area contributed by atoms with Crippen LogP contribution in [-0.4, -0.2) is 45.1 Å². The predicted molar refractivity (Wildman–Crippen MR) is 137 cm³/mol. The summed E-state index contributed by atoms with van der Waals surface area (Å²) in [5, 5.41) is 0. The molecule has 2 aromatic rings. The number of hydrogen-bond donors (Lipinski definition) is 0. The van der Waals surface area contributed by atoms with E-state index in [-0.39, 0.29) is 24.7 Å². The van der Waals surface area contributed by atoms with Crippen LogP contribution in [0, 0.1) is 23.7 Å². The third kappa shape index (κ3) is 10.2. The Morgan fingerprint density at radius 3 is 1.54 bits per heavy atom. The molecule has 0 bridgehead atoms. The molecule has 6 nitrogen and oxygen atoms in total. The van der Waals surface area contributed by atoms with Crippen LogP contribution in [0.1, 0.15) is 36.1 Å². The summed E-state index contributed by atoms with van der Waals surface area (Å²) in [4.78, 5) is 23.1. The van der Waals surface area contributed by atoms with Gasteiger partial charge in [0.2, 0.25) is 0 Å². The summed E-state index contributed by atoms with van der Waals surface area (Å²) in [7, 11) is -3.55. The number of benzene rings is 2. The first-order valence-electron chi connectivity index (χ1n) is 10.9. The Bertz CT molecular complexity index is 1230. The first-order chi connectivity index (χ1) is 16.8. The average molecular weight is 491 g/mol. The van der Waals surface area contributed by atoms with Gasteiger partial charge < -0.3 is 9.47 Å². The fourth-order valence-corrected chi connectivity index (χ4v) is 3.43. The highest BCUT2D eigenvalue weighted by Gasteiger charge is 2.07. The molecule has 0 saturated carbocycles. The van der Waals surface area contributed by atoms with Gasteiger partial charge in [-0.1, -0.05) is 60.1 Å². The van der Waals surface area contributed by atoms with Gasteiger partial charge in [-0.15, -0.1) is 0 Å². The van der Waals surface area contributed by atoms with E-state index in [4.69, 9.17) is 9.47 Å². The zero-order chi connectivity index (χ0) is 25.5. The number of carbonyl (C=O) groups is 2. The molecule has 0 fully saturated rings. The lowest BCUT2D eigenvalue weighted by molar-refractivity contribution is -0.138. The lowest BCUT2D eigenvalue weighted by Crippen LogP contribution is -2.08. The van der Waals surface area contributed by atoms with E-state index in [2.05, 4.69) is 23.7 Å². The summed E-state index contributed by atoms with van der Waals surface area (Å²) in [6.45, 7) is 4.00. The van der Waals surface area contributed by atoms with E-state index < -0.39 is 21.8 Å². The Balaban J connectivity index is 2.08. The van der Waals surface area contributed by atoms with Gasteiger partial charge in [0.05, 0.1) is 13.2 Å². The van der Waals surface area contributed by atoms with Crippen molar-refractivity contribution < 1.29 is 27.5 Å². The molecule has 0 atom stereocenters. The maximum absolute atomic E-state index is 12.4. The summed E-state index contributed by atoms with van der Waals surface area (Å²) < 4.78 is 34.5. The molecule has 0 saturated heterocycles. The summed E-state index contributed by atoms with van der Waals surface area (Å²) in [5.41, 5.74) is 2.55. The van der Waals surface area contributed by atoms with E-state index >= 15 is 0 Å². The zero-order valence-corrected chi connectivity index (χ0v) is 20.4. The second kappa shape index (κ2) is 14.2. The number of ether oxygens (including phenoxy) is 2. The molecular formula is C28H26O6S. The molecule has 7 heteroatoms. The van der Waals surface area contributed by atoms with Crippen molar-refractivity contribution in [2.24, 2.45) is 0 Å². The van der Waals surface area contributed by atoms with Crippen LogP contribution in [0.25, 0.3) is 12.2 Å². The van der Waals surface area contributed by atoms with Gasteiger partial charge >= 0.3 is 11.9 Å². The normalized spacial score (nSPS) is 10.8. The quantitative estimate of drug-likeness (QED) is 0.319. The minimum absolute atomic E-state index is 0.279. The van der Waals surface area contributed by atoms with Crippen LogP contribution in [0.5, 0.6) is 0 Å². The smallest absolute Gasteiger partial charge is 0.330 e. The van der Waals surface area contributed by atoms with Crippen molar-refractivity contribution >= 4 is 33.9 Å². The molecule has 0 aliphatic rings. The van der Waals surface area contributed by atoms with E-state index in [1.54, 1.807) is 74.5 Å². The highest BCUT2D eigenvalue weighted by molar-refractivity contribution is 7.91. The van der Waals surface area contributed by atoms with Crippen LogP contribution < -0.4 is 0 Å². The van der Waals surface area contributed by atoms with Crippen molar-refractivity contribution in [3.05, 3.63) is 82.9 Å². The van der Waals surface area contributed by atoms with E-state index in [1.165, 1.54) is 12.2 Å². The summed E-state index contributed by atoms with van der Waals surface area (Å²) >= 11 is 0. The van der Waals surface area contributed by atoms with Crippen molar-refractivity contribution in [2.75, 3.05) is 24.7 Å². The molecule has 2 aromatic carbocycles. The van der Waals surface area contributed by atoms with Gasteiger partial charge in [-0.3, -0.25) is 0 Å². The molecule has 0 amide bonds. The molecule has 0 radical (unpaired) electrons. The van der Waals surface area contributed by atoms with E-state index in [0.717, 1.165) is 0 Å². The number of sulfone groups is 1. The van der Waals surface area contributed by atoms with Gasteiger partial charge in [-0.25, -0.2) is 18.0 Å². The summed E-state index contributed by atoms with van der Waals surface area (Å²) in [5.74, 6) is 9.41. The van der Waals surface area contributed by atoms with Gasteiger partial charge in [0.15, 0.2) is 9.84 Å². The fourth-order valence-electron chi connectivity index (χ4n) is 2.74. The average Bonchev–Trinajstić information content (AvgIpc) is 2.83. The predicted octanol–water partition coefficient (Wildman–Crippen LogP) is 3.66. The number of esters is 2. The van der Waals surface area contributed by atoms with E-state index in [9.17, 15) is 18.0 Å². The van der Waals surface area contributed by atoms with Crippen molar-refractivity contribution in [3.63, 3.8) is 0 Å². The lowest BCUT2D eigenvalue weighted by atomic mass is 10.1. The Labute approximate surface area is 206 Å². The Kier molecular flexibility index (Phi) is 11.1. The molecule has 0 spiro atoms. The maximum atomic E-state index is 12.4. The zero-order valence-electron chi connectivity index (χ0n) is 19.6. The topological polar surface area (TPSA) is 86.7 Å². The molecule has 0 aliphatic heterocycles. The van der Waals surface area contributed by atoms with Crippen LogP contribution in [0.15, 0.2) is 60.7 Å². The van der Waals surface area contributed by atoms with Crippen molar-refractivity contribution in [3.8, 4) is 23.7 Å². The van der Waals surface area contributed by atoms with Crippen molar-refractivity contribution in [1.82, 2.24) is 0 Å². The van der Waals surface area contributed by atoms with Crippen molar-refractivity contribution in [1.29, 1.82) is 0 Å². The van der Waals surface area contributed by atoms with Gasteiger partial charge in [-0.2, -0.15) is 0 Å². The van der Waals surface area contributed by atoms with Crippen LogP contribution in [0.2, 0.25) is 0 Å². The first-order valence-corrected chi connectivity index (χ1v) is 12.7. The molecule has 0 unspecified atom stereocenters. The maximum Gasteiger partial charge on any atom is 0.330 e. The standard InChI is InChI=1S/C28H26O6S/c1-3-33-27(29)19-17-25-13-7-5-11-23(25)15-9-21-35(31,32)22-10-16-24-12-6-8-14-26(24)18-20-28(30)34-4-2/h5-8,11-14,17-20H,3-4,21-22H2,1-2H3/b19-17+,20-18+. The largest absolute Gasteiger partial charge is 0.463 e. The second-order valence-electron chi connectivity index (χ2n) is 6.98. The second-order valence-corrected chi connectivity index (χ2v) is 9.05. The minimum atomic E-state index is -3.55. The van der Waals surface area contributed by atoms with E-state index in [1.807, 2.05) is 0 Å². The molecule has 0 aliphatic carbocycles. The van der Waals surface area contributed by atoms with Crippen LogP contribution in [0.3, 0.4) is 0 Å². The van der Waals surface area contributed by atoms with Gasteiger partial charge in [0.25, 0.3) is 0 Å². The highest BCUT2D eigenvalue weighted by Crippen LogP contribution is 2.11. The van der Waals surface area contributed by atoms with Crippen molar-refractivity contribution in [2.45, 2.75) is 13.8 Å². The van der Waals surface area contributed by atoms with Crippen LogP contribution in [0.4, 0.5) is 0 Å². The number of carbonyl (C=O) groups excluding carboxylic acids is 2.